The minimum Gasteiger partial charge on any atom is -0.388 e. The van der Waals surface area contributed by atoms with Crippen LogP contribution in [0.15, 0.2) is 85.2 Å². The second-order valence-corrected chi connectivity index (χ2v) is 10.5. The second kappa shape index (κ2) is 15.0. The minimum absolute atomic E-state index is 0.279. The summed E-state index contributed by atoms with van der Waals surface area (Å²) in [5, 5.41) is 6.97. The molecular formula is C36H40FN5. The van der Waals surface area contributed by atoms with Crippen LogP contribution in [0.4, 0.5) is 10.1 Å². The SMILES string of the molecule is C#C.C=C/C(=C\C(=C/C)c1ccc(NC)c(Cc2nc3c(-c4cccc(F)c4)cncc3[nH]2)c1)CNCC1CCCC1. The molecule has 6 heteroatoms. The van der Waals surface area contributed by atoms with E-state index in [4.69, 9.17) is 4.98 Å². The minimum atomic E-state index is -0.279. The quantitative estimate of drug-likeness (QED) is 0.128. The van der Waals surface area contributed by atoms with Crippen molar-refractivity contribution in [2.24, 2.45) is 5.92 Å². The van der Waals surface area contributed by atoms with Crippen LogP contribution in [0, 0.1) is 24.6 Å². The molecule has 0 spiro atoms. The lowest BCUT2D eigenvalue weighted by atomic mass is 9.98. The maximum absolute atomic E-state index is 13.9. The van der Waals surface area contributed by atoms with E-state index in [2.05, 4.69) is 77.3 Å². The first kappa shape index (κ1) is 30.5. The van der Waals surface area contributed by atoms with E-state index >= 15 is 0 Å². The van der Waals surface area contributed by atoms with Gasteiger partial charge in [0.15, 0.2) is 0 Å². The van der Waals surface area contributed by atoms with Crippen molar-refractivity contribution in [3.8, 4) is 24.0 Å². The number of aromatic nitrogens is 3. The number of fused-ring (bicyclic) bond motifs is 1. The fourth-order valence-corrected chi connectivity index (χ4v) is 5.63. The smallest absolute Gasteiger partial charge is 0.123 e. The highest BCUT2D eigenvalue weighted by molar-refractivity contribution is 5.91. The molecule has 2 heterocycles. The van der Waals surface area contributed by atoms with Gasteiger partial charge in [0.2, 0.25) is 0 Å². The zero-order valence-electron chi connectivity index (χ0n) is 24.6. The lowest BCUT2D eigenvalue weighted by Gasteiger charge is -2.13. The van der Waals surface area contributed by atoms with Crippen LogP contribution < -0.4 is 10.6 Å². The van der Waals surface area contributed by atoms with Crippen molar-refractivity contribution in [2.75, 3.05) is 25.5 Å². The van der Waals surface area contributed by atoms with Gasteiger partial charge in [-0.25, -0.2) is 9.37 Å². The highest BCUT2D eigenvalue weighted by atomic mass is 19.1. The Labute approximate surface area is 249 Å². The summed E-state index contributed by atoms with van der Waals surface area (Å²) in [7, 11) is 1.94. The van der Waals surface area contributed by atoms with E-state index in [1.807, 2.05) is 19.2 Å². The number of anilines is 1. The number of benzene rings is 2. The maximum atomic E-state index is 13.9. The number of nitrogens with zero attached hydrogens (tertiary/aromatic N) is 2. The topological polar surface area (TPSA) is 65.6 Å². The van der Waals surface area contributed by atoms with E-state index in [1.54, 1.807) is 18.5 Å². The van der Waals surface area contributed by atoms with Crippen LogP contribution in [-0.2, 0) is 6.42 Å². The number of hydrogen-bond acceptors (Lipinski definition) is 4. The Morgan fingerprint density at radius 3 is 2.67 bits per heavy atom. The normalized spacial score (nSPS) is 14.0. The molecule has 216 valence electrons. The number of imidazole rings is 1. The second-order valence-electron chi connectivity index (χ2n) is 10.5. The van der Waals surface area contributed by atoms with Crippen LogP contribution in [0.5, 0.6) is 0 Å². The number of aromatic amines is 1. The summed E-state index contributed by atoms with van der Waals surface area (Å²) in [6, 6.07) is 13.0. The molecule has 1 aliphatic rings. The Morgan fingerprint density at radius 2 is 1.95 bits per heavy atom. The van der Waals surface area contributed by atoms with Gasteiger partial charge in [-0.1, -0.05) is 55.8 Å². The molecule has 3 N–H and O–H groups in total. The molecule has 0 atom stereocenters. The van der Waals surface area contributed by atoms with Crippen molar-refractivity contribution in [3.63, 3.8) is 0 Å². The van der Waals surface area contributed by atoms with Crippen molar-refractivity contribution < 1.29 is 4.39 Å². The van der Waals surface area contributed by atoms with Gasteiger partial charge in [0.25, 0.3) is 0 Å². The van der Waals surface area contributed by atoms with Crippen LogP contribution in [-0.4, -0.2) is 35.1 Å². The molecular weight excluding hydrogens is 521 g/mol. The van der Waals surface area contributed by atoms with Gasteiger partial charge >= 0.3 is 0 Å². The summed E-state index contributed by atoms with van der Waals surface area (Å²) in [6.07, 6.45) is 23.9. The summed E-state index contributed by atoms with van der Waals surface area (Å²) < 4.78 is 13.9. The van der Waals surface area contributed by atoms with Crippen molar-refractivity contribution in [3.05, 3.63) is 108 Å². The van der Waals surface area contributed by atoms with Crippen LogP contribution in [0.2, 0.25) is 0 Å². The molecule has 0 aliphatic heterocycles. The molecule has 0 bridgehead atoms. The van der Waals surface area contributed by atoms with Crippen molar-refractivity contribution in [1.82, 2.24) is 20.3 Å². The van der Waals surface area contributed by atoms with E-state index in [9.17, 15) is 4.39 Å². The number of allylic oxidation sites excluding steroid dienone is 3. The van der Waals surface area contributed by atoms with Crippen LogP contribution in [0.1, 0.15) is 49.6 Å². The number of nitrogens with one attached hydrogen (secondary N) is 3. The number of terminal acetylenes is 1. The molecule has 1 aliphatic carbocycles. The third kappa shape index (κ3) is 7.43. The monoisotopic (exact) mass is 561 g/mol. The molecule has 5 nitrogen and oxygen atoms in total. The van der Waals surface area contributed by atoms with Gasteiger partial charge in [0, 0.05) is 37.5 Å². The first-order chi connectivity index (χ1) is 20.6. The third-order valence-corrected chi connectivity index (χ3v) is 7.80. The molecule has 1 saturated carbocycles. The highest BCUT2D eigenvalue weighted by Gasteiger charge is 2.15. The molecule has 2 aromatic carbocycles. The summed E-state index contributed by atoms with van der Waals surface area (Å²) >= 11 is 0. The van der Waals surface area contributed by atoms with Gasteiger partial charge in [-0.15, -0.1) is 12.8 Å². The van der Waals surface area contributed by atoms with E-state index in [0.29, 0.717) is 6.42 Å². The van der Waals surface area contributed by atoms with Gasteiger partial charge in [0.1, 0.15) is 11.6 Å². The molecule has 4 aromatic rings. The molecule has 0 radical (unpaired) electrons. The Balaban J connectivity index is 0.00000198. The van der Waals surface area contributed by atoms with E-state index < -0.39 is 0 Å². The van der Waals surface area contributed by atoms with Crippen LogP contribution >= 0.6 is 0 Å². The van der Waals surface area contributed by atoms with E-state index in [-0.39, 0.29) is 5.82 Å². The zero-order chi connectivity index (χ0) is 29.9. The van der Waals surface area contributed by atoms with Crippen molar-refractivity contribution in [1.29, 1.82) is 0 Å². The van der Waals surface area contributed by atoms with Gasteiger partial charge in [-0.3, -0.25) is 4.98 Å². The van der Waals surface area contributed by atoms with Gasteiger partial charge in [0.05, 0.1) is 17.2 Å². The summed E-state index contributed by atoms with van der Waals surface area (Å²) in [6.45, 7) is 8.03. The first-order valence-electron chi connectivity index (χ1n) is 14.5. The predicted octanol–water partition coefficient (Wildman–Crippen LogP) is 7.94. The molecule has 5 rings (SSSR count). The summed E-state index contributed by atoms with van der Waals surface area (Å²) in [5.41, 5.74) is 8.85. The van der Waals surface area contributed by atoms with E-state index in [1.165, 1.54) is 43.4 Å². The van der Waals surface area contributed by atoms with Gasteiger partial charge in [-0.2, -0.15) is 0 Å². The van der Waals surface area contributed by atoms with Gasteiger partial charge < -0.3 is 15.6 Å². The standard InChI is InChI=1S/C34H38FN5.C2H2/c1-4-23(19-37-20-24-9-6-7-10-24)15-25(5-2)26-13-14-31(36-3)28(16-26)18-33-39-32-22-38-21-30(34(32)40-33)27-11-8-12-29(35)17-27;1-2/h4-5,8,11-17,21-22,24,36-37H,1,6-7,9-10,18-20H2,2-3H3,(H,39,40);1-2H/b23-15+,25-5+;. The number of rotatable bonds is 11. The number of H-pyrrole nitrogens is 1. The highest BCUT2D eigenvalue weighted by Crippen LogP contribution is 2.30. The number of pyridine rings is 1. The Hall–Kier alpha value is -4.47. The Morgan fingerprint density at radius 1 is 1.14 bits per heavy atom. The average molecular weight is 562 g/mol. The molecule has 2 aromatic heterocycles. The summed E-state index contributed by atoms with van der Waals surface area (Å²) in [4.78, 5) is 12.7. The van der Waals surface area contributed by atoms with Gasteiger partial charge in [-0.05, 0) is 84.3 Å². The first-order valence-corrected chi connectivity index (χ1v) is 14.5. The Bertz CT molecular complexity index is 1590. The molecule has 0 unspecified atom stereocenters. The lowest BCUT2D eigenvalue weighted by Crippen LogP contribution is -2.23. The van der Waals surface area contributed by atoms with E-state index in [0.717, 1.165) is 69.4 Å². The van der Waals surface area contributed by atoms with Crippen molar-refractivity contribution >= 4 is 22.3 Å². The molecule has 1 fully saturated rings. The zero-order valence-corrected chi connectivity index (χ0v) is 24.6. The average Bonchev–Trinajstić information content (AvgIpc) is 3.69. The number of halogens is 1. The molecule has 0 saturated heterocycles. The molecule has 42 heavy (non-hydrogen) atoms. The summed E-state index contributed by atoms with van der Waals surface area (Å²) in [5.74, 6) is 1.36. The predicted molar refractivity (Wildman–Crippen MR) is 175 cm³/mol. The fourth-order valence-electron chi connectivity index (χ4n) is 5.63. The van der Waals surface area contributed by atoms with Crippen molar-refractivity contribution in [2.45, 2.75) is 39.0 Å². The lowest BCUT2D eigenvalue weighted by molar-refractivity contribution is 0.503. The Kier molecular flexibility index (Phi) is 10.9. The van der Waals surface area contributed by atoms with Crippen LogP contribution in [0.3, 0.4) is 0 Å². The fraction of sp³-hybridized carbons (Fsp3) is 0.278. The molecule has 0 amide bonds. The van der Waals surface area contributed by atoms with Crippen LogP contribution in [0.25, 0.3) is 27.7 Å². The number of hydrogen-bond donors (Lipinski definition) is 3. The third-order valence-electron chi connectivity index (χ3n) is 7.80. The largest absolute Gasteiger partial charge is 0.388 e. The maximum Gasteiger partial charge on any atom is 0.123 e.